The highest BCUT2D eigenvalue weighted by atomic mass is 79.9. The van der Waals surface area contributed by atoms with E-state index >= 15 is 0 Å². The molecule has 0 atom stereocenters. The van der Waals surface area contributed by atoms with Gasteiger partial charge in [-0.05, 0) is 22.0 Å². The maximum absolute atomic E-state index is 8.50. The van der Waals surface area contributed by atoms with E-state index in [0.29, 0.717) is 12.4 Å². The fourth-order valence-electron chi connectivity index (χ4n) is 0.790. The predicted octanol–water partition coefficient (Wildman–Crippen LogP) is 0.837. The molecule has 0 aromatic carbocycles. The SMILES string of the molecule is Nc1ncc(Br)cc1C=NCCO. The fourth-order valence-corrected chi connectivity index (χ4v) is 1.14. The average molecular weight is 244 g/mol. The lowest BCUT2D eigenvalue weighted by atomic mass is 10.3. The standard InChI is InChI=1S/C8H10BrN3O/c9-7-3-6(4-11-1-2-13)8(10)12-5-7/h3-5,13H,1-2H2,(H2,10,12). The molecule has 0 amide bonds. The van der Waals surface area contributed by atoms with Crippen molar-refractivity contribution in [3.63, 3.8) is 0 Å². The minimum Gasteiger partial charge on any atom is -0.394 e. The lowest BCUT2D eigenvalue weighted by molar-refractivity contribution is 0.307. The number of nitrogens with two attached hydrogens (primary N) is 1. The molecular formula is C8H10BrN3O. The largest absolute Gasteiger partial charge is 0.394 e. The zero-order valence-electron chi connectivity index (χ0n) is 6.94. The summed E-state index contributed by atoms with van der Waals surface area (Å²) in [5.74, 6) is 0.435. The number of hydrogen-bond donors (Lipinski definition) is 2. The minimum absolute atomic E-state index is 0.0395. The van der Waals surface area contributed by atoms with Crippen LogP contribution in [0.25, 0.3) is 0 Å². The summed E-state index contributed by atoms with van der Waals surface area (Å²) >= 11 is 3.28. The van der Waals surface area contributed by atoms with E-state index in [-0.39, 0.29) is 6.61 Å². The third-order valence-electron chi connectivity index (χ3n) is 1.38. The molecule has 1 rings (SSSR count). The normalized spacial score (nSPS) is 10.9. The molecule has 0 aliphatic rings. The second-order valence-corrected chi connectivity index (χ2v) is 3.30. The molecular weight excluding hydrogens is 234 g/mol. The van der Waals surface area contributed by atoms with Crippen LogP contribution in [0.3, 0.4) is 0 Å². The van der Waals surface area contributed by atoms with E-state index in [9.17, 15) is 0 Å². The van der Waals surface area contributed by atoms with Crippen LogP contribution in [0.2, 0.25) is 0 Å². The molecule has 0 aliphatic carbocycles. The Morgan fingerprint density at radius 1 is 1.69 bits per heavy atom. The van der Waals surface area contributed by atoms with E-state index in [2.05, 4.69) is 25.9 Å². The van der Waals surface area contributed by atoms with Gasteiger partial charge in [0.2, 0.25) is 0 Å². The monoisotopic (exact) mass is 243 g/mol. The smallest absolute Gasteiger partial charge is 0.132 e. The quantitative estimate of drug-likeness (QED) is 0.774. The maximum atomic E-state index is 8.50. The average Bonchev–Trinajstić information content (AvgIpc) is 2.11. The Labute approximate surface area is 84.6 Å². The van der Waals surface area contributed by atoms with Gasteiger partial charge in [0.25, 0.3) is 0 Å². The summed E-state index contributed by atoms with van der Waals surface area (Å²) in [4.78, 5) is 7.88. The van der Waals surface area contributed by atoms with Crippen LogP contribution >= 0.6 is 15.9 Å². The van der Waals surface area contributed by atoms with Crippen LogP contribution in [0.1, 0.15) is 5.56 Å². The molecule has 0 saturated heterocycles. The molecule has 1 aromatic rings. The number of nitrogen functional groups attached to an aromatic ring is 1. The van der Waals surface area contributed by atoms with Crippen molar-refractivity contribution < 1.29 is 5.11 Å². The van der Waals surface area contributed by atoms with Crippen molar-refractivity contribution in [1.82, 2.24) is 4.98 Å². The molecule has 0 unspecified atom stereocenters. The first-order valence-corrected chi connectivity index (χ1v) is 4.55. The Kier molecular flexibility index (Phi) is 3.85. The minimum atomic E-state index is 0.0395. The van der Waals surface area contributed by atoms with Crippen molar-refractivity contribution in [2.75, 3.05) is 18.9 Å². The number of aromatic nitrogens is 1. The van der Waals surface area contributed by atoms with Gasteiger partial charge in [0.1, 0.15) is 5.82 Å². The summed E-state index contributed by atoms with van der Waals surface area (Å²) in [5, 5.41) is 8.50. The van der Waals surface area contributed by atoms with Crippen molar-refractivity contribution in [3.05, 3.63) is 22.3 Å². The summed E-state index contributed by atoms with van der Waals surface area (Å²) in [6, 6.07) is 1.82. The highest BCUT2D eigenvalue weighted by Gasteiger charge is 1.97. The lowest BCUT2D eigenvalue weighted by Gasteiger charge is -1.98. The summed E-state index contributed by atoms with van der Waals surface area (Å²) in [6.45, 7) is 0.420. The van der Waals surface area contributed by atoms with E-state index in [4.69, 9.17) is 10.8 Å². The molecule has 4 nitrogen and oxygen atoms in total. The van der Waals surface area contributed by atoms with Gasteiger partial charge in [0, 0.05) is 22.4 Å². The Balaban J connectivity index is 2.81. The van der Waals surface area contributed by atoms with Gasteiger partial charge < -0.3 is 10.8 Å². The first kappa shape index (κ1) is 10.1. The number of halogens is 1. The van der Waals surface area contributed by atoms with Gasteiger partial charge in [0.15, 0.2) is 0 Å². The molecule has 13 heavy (non-hydrogen) atoms. The number of aliphatic imine (C=N–C) groups is 1. The first-order chi connectivity index (χ1) is 6.24. The number of hydrogen-bond acceptors (Lipinski definition) is 4. The van der Waals surface area contributed by atoms with E-state index in [0.717, 1.165) is 10.0 Å². The Hall–Kier alpha value is -0.940. The van der Waals surface area contributed by atoms with Crippen LogP contribution in [-0.2, 0) is 0 Å². The summed E-state index contributed by atoms with van der Waals surface area (Å²) < 4.78 is 0.854. The molecule has 0 bridgehead atoms. The zero-order chi connectivity index (χ0) is 9.68. The Morgan fingerprint density at radius 2 is 2.46 bits per heavy atom. The number of pyridine rings is 1. The van der Waals surface area contributed by atoms with Gasteiger partial charge in [-0.1, -0.05) is 0 Å². The number of aliphatic hydroxyl groups excluding tert-OH is 1. The fraction of sp³-hybridized carbons (Fsp3) is 0.250. The number of nitrogens with zero attached hydrogens (tertiary/aromatic N) is 2. The topological polar surface area (TPSA) is 71.5 Å². The summed E-state index contributed by atoms with van der Waals surface area (Å²) in [7, 11) is 0. The molecule has 3 N–H and O–H groups in total. The van der Waals surface area contributed by atoms with E-state index in [1.54, 1.807) is 12.4 Å². The van der Waals surface area contributed by atoms with Crippen LogP contribution in [0.5, 0.6) is 0 Å². The van der Waals surface area contributed by atoms with Crippen molar-refractivity contribution in [1.29, 1.82) is 0 Å². The molecule has 1 aromatic heterocycles. The Bertz CT molecular complexity index is 314. The van der Waals surface area contributed by atoms with Gasteiger partial charge in [-0.2, -0.15) is 0 Å². The third kappa shape index (κ3) is 3.12. The number of anilines is 1. The predicted molar refractivity (Wildman–Crippen MR) is 55.9 cm³/mol. The van der Waals surface area contributed by atoms with Crippen LogP contribution < -0.4 is 5.73 Å². The van der Waals surface area contributed by atoms with Gasteiger partial charge in [-0.15, -0.1) is 0 Å². The molecule has 5 heteroatoms. The molecule has 0 radical (unpaired) electrons. The van der Waals surface area contributed by atoms with Crippen LogP contribution in [0.15, 0.2) is 21.7 Å². The van der Waals surface area contributed by atoms with Crippen LogP contribution in [0.4, 0.5) is 5.82 Å². The van der Waals surface area contributed by atoms with Crippen LogP contribution in [-0.4, -0.2) is 29.5 Å². The van der Waals surface area contributed by atoms with Crippen LogP contribution in [0, 0.1) is 0 Å². The van der Waals surface area contributed by atoms with Gasteiger partial charge in [-0.25, -0.2) is 4.98 Å². The van der Waals surface area contributed by atoms with Gasteiger partial charge in [0.05, 0.1) is 13.2 Å². The highest BCUT2D eigenvalue weighted by molar-refractivity contribution is 9.10. The molecule has 1 heterocycles. The molecule has 0 spiro atoms. The van der Waals surface area contributed by atoms with Crippen molar-refractivity contribution in [2.45, 2.75) is 0 Å². The summed E-state index contributed by atoms with van der Waals surface area (Å²) in [6.07, 6.45) is 3.22. The van der Waals surface area contributed by atoms with E-state index in [1.807, 2.05) is 6.07 Å². The van der Waals surface area contributed by atoms with Gasteiger partial charge in [-0.3, -0.25) is 4.99 Å². The zero-order valence-corrected chi connectivity index (χ0v) is 8.53. The number of aliphatic hydroxyl groups is 1. The summed E-state index contributed by atoms with van der Waals surface area (Å²) in [5.41, 5.74) is 6.34. The van der Waals surface area contributed by atoms with E-state index in [1.165, 1.54) is 0 Å². The maximum Gasteiger partial charge on any atom is 0.132 e. The lowest BCUT2D eigenvalue weighted by Crippen LogP contribution is -1.97. The second-order valence-electron chi connectivity index (χ2n) is 2.39. The number of rotatable bonds is 3. The molecule has 0 aliphatic heterocycles. The second kappa shape index (κ2) is 4.94. The van der Waals surface area contributed by atoms with Crippen molar-refractivity contribution >= 4 is 28.0 Å². The van der Waals surface area contributed by atoms with Crippen molar-refractivity contribution in [2.24, 2.45) is 4.99 Å². The van der Waals surface area contributed by atoms with E-state index < -0.39 is 0 Å². The molecule has 0 saturated carbocycles. The Morgan fingerprint density at radius 3 is 3.15 bits per heavy atom. The highest BCUT2D eigenvalue weighted by Crippen LogP contribution is 2.13. The molecule has 0 fully saturated rings. The third-order valence-corrected chi connectivity index (χ3v) is 1.81. The molecule has 70 valence electrons. The van der Waals surface area contributed by atoms with Crippen molar-refractivity contribution in [3.8, 4) is 0 Å². The first-order valence-electron chi connectivity index (χ1n) is 3.75. The van der Waals surface area contributed by atoms with Gasteiger partial charge >= 0.3 is 0 Å².